The first-order chi connectivity index (χ1) is 18.7. The number of carbonyl (C=O) groups is 2. The third-order valence-corrected chi connectivity index (χ3v) is 6.85. The Morgan fingerprint density at radius 3 is 2.21 bits per heavy atom. The number of ether oxygens (including phenoxy) is 1. The van der Waals surface area contributed by atoms with Gasteiger partial charge >= 0.3 is 12.1 Å². The highest BCUT2D eigenvalue weighted by atomic mass is 19.4. The second-order valence-corrected chi connectivity index (χ2v) is 9.71. The summed E-state index contributed by atoms with van der Waals surface area (Å²) in [6.07, 6.45) is -3.65. The minimum Gasteiger partial charge on any atom is -0.379 e. The summed E-state index contributed by atoms with van der Waals surface area (Å²) in [6.45, 7) is 4.27. The summed E-state index contributed by atoms with van der Waals surface area (Å²) in [6, 6.07) is 16.1. The average molecular weight is 545 g/mol. The van der Waals surface area contributed by atoms with E-state index in [0.717, 1.165) is 54.6 Å². The Kier molecular flexibility index (Phi) is 9.56. The molecule has 0 spiro atoms. The number of carbonyl (C=O) groups excluding carboxylic acids is 2. The Bertz CT molecular complexity index is 1160. The zero-order chi connectivity index (χ0) is 27.8. The summed E-state index contributed by atoms with van der Waals surface area (Å²) in [7, 11) is 0. The van der Waals surface area contributed by atoms with Crippen molar-refractivity contribution in [2.75, 3.05) is 32.8 Å². The zero-order valence-electron chi connectivity index (χ0n) is 21.5. The molecule has 2 aromatic carbocycles. The van der Waals surface area contributed by atoms with Gasteiger partial charge in [-0.3, -0.25) is 9.69 Å². The van der Waals surface area contributed by atoms with Gasteiger partial charge in [0.25, 0.3) is 0 Å². The van der Waals surface area contributed by atoms with E-state index in [2.05, 4.69) is 39.3 Å². The molecule has 2 heterocycles. The van der Waals surface area contributed by atoms with Gasteiger partial charge in [-0.1, -0.05) is 48.5 Å². The Balaban J connectivity index is 1.32. The van der Waals surface area contributed by atoms with E-state index in [1.165, 1.54) is 5.56 Å². The van der Waals surface area contributed by atoms with Gasteiger partial charge in [0.05, 0.1) is 19.3 Å². The molecule has 2 atom stereocenters. The molecule has 2 aromatic rings. The number of hydrogen-bond donors (Lipinski definition) is 1. The molecule has 208 valence electrons. The lowest BCUT2D eigenvalue weighted by Crippen LogP contribution is -2.53. The van der Waals surface area contributed by atoms with Crippen LogP contribution in [0.5, 0.6) is 0 Å². The standard InChI is InChI=1S/C28H31F3N4O4/c29-28(30,31)27(37)39-35-12-2-1-3-25(35)26(36)33-24(18-32)17-20-4-8-22(9-5-20)23-10-6-21(7-11-23)19-34-13-15-38-16-14-34/h4-11,24-25H,1-3,12-17,19H2,(H,33,36)/t24-,25-/m0/s1. The van der Waals surface area contributed by atoms with Crippen molar-refractivity contribution in [3.05, 3.63) is 59.7 Å². The number of halogens is 3. The van der Waals surface area contributed by atoms with Gasteiger partial charge in [-0.05, 0) is 41.5 Å². The van der Waals surface area contributed by atoms with Crippen LogP contribution in [0.3, 0.4) is 0 Å². The molecular formula is C28H31F3N4O4. The predicted molar refractivity (Wildman–Crippen MR) is 136 cm³/mol. The average Bonchev–Trinajstić information content (AvgIpc) is 2.94. The molecule has 0 radical (unpaired) electrons. The molecule has 11 heteroatoms. The topological polar surface area (TPSA) is 94.9 Å². The van der Waals surface area contributed by atoms with Gasteiger partial charge in [0, 0.05) is 32.6 Å². The van der Waals surface area contributed by atoms with Crippen LogP contribution < -0.4 is 5.32 Å². The molecule has 0 aromatic heterocycles. The maximum atomic E-state index is 12.8. The number of nitriles is 1. The SMILES string of the molecule is N#C[C@H](Cc1ccc(-c2ccc(CN3CCOCC3)cc2)cc1)NC(=O)[C@@H]1CCCCN1OC(=O)C(F)(F)F. The van der Waals surface area contributed by atoms with Crippen LogP contribution >= 0.6 is 0 Å². The summed E-state index contributed by atoms with van der Waals surface area (Å²) < 4.78 is 43.3. The molecule has 1 N–H and O–H groups in total. The van der Waals surface area contributed by atoms with Crippen molar-refractivity contribution < 1.29 is 32.3 Å². The Morgan fingerprint density at radius 2 is 1.62 bits per heavy atom. The summed E-state index contributed by atoms with van der Waals surface area (Å²) in [5, 5.41) is 13.0. The largest absolute Gasteiger partial charge is 0.492 e. The highest BCUT2D eigenvalue weighted by molar-refractivity contribution is 5.83. The van der Waals surface area contributed by atoms with Gasteiger partial charge < -0.3 is 14.9 Å². The molecular weight excluding hydrogens is 513 g/mol. The van der Waals surface area contributed by atoms with Crippen molar-refractivity contribution in [2.24, 2.45) is 0 Å². The molecule has 2 saturated heterocycles. The Hall–Kier alpha value is -3.46. The maximum Gasteiger partial charge on any atom is 0.492 e. The fraction of sp³-hybridized carbons (Fsp3) is 0.464. The lowest BCUT2D eigenvalue weighted by Gasteiger charge is -2.33. The normalized spacial score (nSPS) is 19.6. The van der Waals surface area contributed by atoms with Crippen LogP contribution in [0.25, 0.3) is 11.1 Å². The van der Waals surface area contributed by atoms with E-state index < -0.39 is 30.1 Å². The second kappa shape index (κ2) is 13.1. The Morgan fingerprint density at radius 1 is 1.00 bits per heavy atom. The number of rotatable bonds is 8. The van der Waals surface area contributed by atoms with Gasteiger partial charge in [-0.2, -0.15) is 18.4 Å². The van der Waals surface area contributed by atoms with E-state index in [1.807, 2.05) is 30.3 Å². The van der Waals surface area contributed by atoms with E-state index in [1.54, 1.807) is 0 Å². The van der Waals surface area contributed by atoms with Crippen LogP contribution in [-0.4, -0.2) is 72.9 Å². The monoisotopic (exact) mass is 544 g/mol. The van der Waals surface area contributed by atoms with E-state index in [-0.39, 0.29) is 19.4 Å². The van der Waals surface area contributed by atoms with Gasteiger partial charge in [-0.25, -0.2) is 4.79 Å². The van der Waals surface area contributed by atoms with Crippen molar-refractivity contribution in [1.29, 1.82) is 5.26 Å². The molecule has 2 fully saturated rings. The fourth-order valence-corrected chi connectivity index (χ4v) is 4.72. The molecule has 2 aliphatic rings. The highest BCUT2D eigenvalue weighted by Crippen LogP contribution is 2.24. The molecule has 2 aliphatic heterocycles. The van der Waals surface area contributed by atoms with Gasteiger partial charge in [-0.15, -0.1) is 5.06 Å². The van der Waals surface area contributed by atoms with E-state index >= 15 is 0 Å². The van der Waals surface area contributed by atoms with Crippen LogP contribution in [0.2, 0.25) is 0 Å². The Labute approximate surface area is 225 Å². The van der Waals surface area contributed by atoms with Crippen LogP contribution in [0.15, 0.2) is 48.5 Å². The summed E-state index contributed by atoms with van der Waals surface area (Å²) in [5.41, 5.74) is 4.12. The second-order valence-electron chi connectivity index (χ2n) is 9.71. The lowest BCUT2D eigenvalue weighted by molar-refractivity contribution is -0.248. The van der Waals surface area contributed by atoms with Gasteiger partial charge in [0.15, 0.2) is 0 Å². The number of benzene rings is 2. The molecule has 0 bridgehead atoms. The first-order valence-corrected chi connectivity index (χ1v) is 13.0. The summed E-state index contributed by atoms with van der Waals surface area (Å²) in [4.78, 5) is 30.9. The van der Waals surface area contributed by atoms with E-state index in [9.17, 15) is 28.0 Å². The molecule has 0 aliphatic carbocycles. The number of nitrogens with zero attached hydrogens (tertiary/aromatic N) is 3. The van der Waals surface area contributed by atoms with Gasteiger partial charge in [0.2, 0.25) is 5.91 Å². The van der Waals surface area contributed by atoms with Crippen LogP contribution in [0.4, 0.5) is 13.2 Å². The van der Waals surface area contributed by atoms with Crippen molar-refractivity contribution >= 4 is 11.9 Å². The minimum absolute atomic E-state index is 0.00673. The van der Waals surface area contributed by atoms with E-state index in [0.29, 0.717) is 12.8 Å². The molecule has 0 saturated carbocycles. The molecule has 8 nitrogen and oxygen atoms in total. The van der Waals surface area contributed by atoms with Crippen molar-refractivity contribution in [3.63, 3.8) is 0 Å². The first kappa shape index (κ1) is 28.5. The maximum absolute atomic E-state index is 12.8. The lowest BCUT2D eigenvalue weighted by atomic mass is 9.99. The highest BCUT2D eigenvalue weighted by Gasteiger charge is 2.44. The first-order valence-electron chi connectivity index (χ1n) is 13.0. The predicted octanol–water partition coefficient (Wildman–Crippen LogP) is 3.61. The molecule has 39 heavy (non-hydrogen) atoms. The van der Waals surface area contributed by atoms with Crippen molar-refractivity contribution in [1.82, 2.24) is 15.3 Å². The number of alkyl halides is 3. The molecule has 4 rings (SSSR count). The zero-order valence-corrected chi connectivity index (χ0v) is 21.5. The third-order valence-electron chi connectivity index (χ3n) is 6.85. The smallest absolute Gasteiger partial charge is 0.379 e. The summed E-state index contributed by atoms with van der Waals surface area (Å²) in [5.74, 6) is -3.02. The van der Waals surface area contributed by atoms with Crippen molar-refractivity contribution in [2.45, 2.75) is 50.5 Å². The van der Waals surface area contributed by atoms with Crippen LogP contribution in [0.1, 0.15) is 30.4 Å². The van der Waals surface area contributed by atoms with E-state index in [4.69, 9.17) is 4.74 Å². The van der Waals surface area contributed by atoms with Crippen LogP contribution in [0, 0.1) is 11.3 Å². The third kappa shape index (κ3) is 8.02. The molecule has 0 unspecified atom stereocenters. The number of hydroxylamine groups is 2. The van der Waals surface area contributed by atoms with Crippen molar-refractivity contribution in [3.8, 4) is 17.2 Å². The number of morpholine rings is 1. The fourth-order valence-electron chi connectivity index (χ4n) is 4.72. The quantitative estimate of drug-likeness (QED) is 0.543. The van der Waals surface area contributed by atoms with Gasteiger partial charge in [0.1, 0.15) is 12.1 Å². The number of amides is 1. The van der Waals surface area contributed by atoms with Crippen LogP contribution in [-0.2, 0) is 32.1 Å². The number of hydrogen-bond acceptors (Lipinski definition) is 7. The summed E-state index contributed by atoms with van der Waals surface area (Å²) >= 11 is 0. The number of nitrogens with one attached hydrogen (secondary N) is 1. The number of piperidine rings is 1. The minimum atomic E-state index is -5.16. The molecule has 1 amide bonds.